The Hall–Kier alpha value is -3.20. The minimum atomic E-state index is -0.856. The van der Waals surface area contributed by atoms with E-state index in [0.29, 0.717) is 16.6 Å². The molecule has 0 saturated heterocycles. The Bertz CT molecular complexity index is 1020. The van der Waals surface area contributed by atoms with E-state index in [1.54, 1.807) is 6.07 Å². The van der Waals surface area contributed by atoms with E-state index in [0.717, 1.165) is 5.56 Å². The van der Waals surface area contributed by atoms with Crippen LogP contribution >= 0.6 is 11.8 Å². The molecule has 2 heterocycles. The number of rotatable bonds is 5. The van der Waals surface area contributed by atoms with E-state index in [-0.39, 0.29) is 18.3 Å². The van der Waals surface area contributed by atoms with Crippen molar-refractivity contribution >= 4 is 35.2 Å². The van der Waals surface area contributed by atoms with Crippen LogP contribution in [0.5, 0.6) is 0 Å². The Morgan fingerprint density at radius 1 is 1.25 bits per heavy atom. The zero-order valence-electron chi connectivity index (χ0n) is 14.6. The summed E-state index contributed by atoms with van der Waals surface area (Å²) < 4.78 is 14.7. The molecule has 3 aromatic rings. The van der Waals surface area contributed by atoms with Gasteiger partial charge in [-0.1, -0.05) is 48.2 Å². The lowest BCUT2D eigenvalue weighted by Gasteiger charge is -2.22. The van der Waals surface area contributed by atoms with Crippen molar-refractivity contribution < 1.29 is 14.0 Å². The summed E-state index contributed by atoms with van der Waals surface area (Å²) >= 11 is 1.41. The third-order valence-corrected chi connectivity index (χ3v) is 5.05. The molecule has 142 valence electrons. The smallest absolute Gasteiger partial charge is 0.249 e. The number of nitrogens with one attached hydrogen (secondary N) is 2. The number of hydrogen-bond donors (Lipinski definition) is 2. The highest BCUT2D eigenvalue weighted by atomic mass is 32.2. The maximum Gasteiger partial charge on any atom is 0.249 e. The van der Waals surface area contributed by atoms with E-state index in [2.05, 4.69) is 20.7 Å². The fraction of sp³-hybridized carbons (Fsp3) is 0.158. The molecule has 28 heavy (non-hydrogen) atoms. The number of nitrogens with zero attached hydrogens (tertiary/aromatic N) is 3. The van der Waals surface area contributed by atoms with Crippen LogP contribution in [0.3, 0.4) is 0 Å². The van der Waals surface area contributed by atoms with Gasteiger partial charge in [0.25, 0.3) is 0 Å². The molecular weight excluding hydrogens is 381 g/mol. The molecule has 1 aliphatic heterocycles. The van der Waals surface area contributed by atoms with Crippen molar-refractivity contribution in [3.8, 4) is 0 Å². The van der Waals surface area contributed by atoms with Gasteiger partial charge in [-0.05, 0) is 23.8 Å². The van der Waals surface area contributed by atoms with E-state index < -0.39 is 17.8 Å². The third kappa shape index (κ3) is 4.04. The van der Waals surface area contributed by atoms with Gasteiger partial charge in [0.1, 0.15) is 11.9 Å². The number of aromatic nitrogens is 3. The number of carbonyl (C=O) groups is 2. The molecule has 2 aromatic carbocycles. The van der Waals surface area contributed by atoms with Gasteiger partial charge in [-0.15, -0.1) is 5.10 Å². The van der Waals surface area contributed by atoms with Crippen LogP contribution in [0.2, 0.25) is 0 Å². The van der Waals surface area contributed by atoms with Crippen LogP contribution in [0.15, 0.2) is 59.8 Å². The maximum atomic E-state index is 13.3. The van der Waals surface area contributed by atoms with Crippen molar-refractivity contribution in [3.63, 3.8) is 0 Å². The van der Waals surface area contributed by atoms with Crippen molar-refractivity contribution in [2.45, 2.75) is 23.4 Å². The van der Waals surface area contributed by atoms with Gasteiger partial charge in [-0.2, -0.15) is 4.98 Å². The van der Waals surface area contributed by atoms with Crippen LogP contribution in [-0.4, -0.2) is 26.6 Å². The quantitative estimate of drug-likeness (QED) is 0.646. The van der Waals surface area contributed by atoms with E-state index in [4.69, 9.17) is 0 Å². The van der Waals surface area contributed by atoms with Gasteiger partial charge in [-0.3, -0.25) is 14.9 Å². The van der Waals surface area contributed by atoms with E-state index in [1.807, 2.05) is 30.3 Å². The summed E-state index contributed by atoms with van der Waals surface area (Å²) in [5, 5.41) is 10.1. The van der Waals surface area contributed by atoms with E-state index in [9.17, 15) is 14.0 Å². The van der Waals surface area contributed by atoms with Crippen molar-refractivity contribution in [3.05, 3.63) is 66.0 Å². The highest BCUT2D eigenvalue weighted by Crippen LogP contribution is 2.28. The Morgan fingerprint density at radius 2 is 2.07 bits per heavy atom. The largest absolute Gasteiger partial charge is 0.324 e. The average Bonchev–Trinajstić information content (AvgIpc) is 3.09. The second-order valence-corrected chi connectivity index (χ2v) is 7.15. The molecule has 2 N–H and O–H groups in total. The van der Waals surface area contributed by atoms with Gasteiger partial charge in [-0.25, -0.2) is 9.07 Å². The molecule has 4 rings (SSSR count). The number of benzene rings is 2. The Labute approximate surface area is 164 Å². The fourth-order valence-corrected chi connectivity index (χ4v) is 3.61. The first-order valence-electron chi connectivity index (χ1n) is 8.58. The predicted octanol–water partition coefficient (Wildman–Crippen LogP) is 3.23. The predicted molar refractivity (Wildman–Crippen MR) is 103 cm³/mol. The summed E-state index contributed by atoms with van der Waals surface area (Å²) in [6.45, 7) is 0. The summed E-state index contributed by atoms with van der Waals surface area (Å²) in [7, 11) is 0. The molecule has 7 nitrogen and oxygen atoms in total. The minimum Gasteiger partial charge on any atom is -0.324 e. The lowest BCUT2D eigenvalue weighted by Crippen LogP contribution is -2.36. The first-order valence-corrected chi connectivity index (χ1v) is 9.56. The third-order valence-electron chi connectivity index (χ3n) is 4.14. The molecule has 1 aromatic heterocycles. The molecular formula is C19H16FN5O2S. The molecule has 0 radical (unpaired) electrons. The van der Waals surface area contributed by atoms with Gasteiger partial charge in [0.2, 0.25) is 22.9 Å². The first-order chi connectivity index (χ1) is 13.6. The van der Waals surface area contributed by atoms with Crippen molar-refractivity contribution in [1.82, 2.24) is 14.8 Å². The molecule has 0 bridgehead atoms. The molecule has 0 aliphatic carbocycles. The summed E-state index contributed by atoms with van der Waals surface area (Å²) in [5.74, 6) is -0.338. The number of hydrogen-bond acceptors (Lipinski definition) is 5. The Morgan fingerprint density at radius 3 is 2.86 bits per heavy atom. The van der Waals surface area contributed by atoms with Gasteiger partial charge in [0.15, 0.2) is 0 Å². The SMILES string of the molecule is O=C1C[C@@H](C(=O)Nc2cccc(F)c2)n2nc(SCc3ccccc3)nc2N1. The molecule has 0 spiro atoms. The minimum absolute atomic E-state index is 0.0691. The highest BCUT2D eigenvalue weighted by Gasteiger charge is 2.33. The van der Waals surface area contributed by atoms with E-state index >= 15 is 0 Å². The normalized spacial score (nSPS) is 15.6. The topological polar surface area (TPSA) is 88.9 Å². The van der Waals surface area contributed by atoms with Crippen molar-refractivity contribution in [2.24, 2.45) is 0 Å². The number of amides is 2. The molecule has 1 aliphatic rings. The molecule has 2 amide bonds. The van der Waals surface area contributed by atoms with Crippen molar-refractivity contribution in [2.75, 3.05) is 10.6 Å². The van der Waals surface area contributed by atoms with Crippen LogP contribution in [0.25, 0.3) is 0 Å². The first kappa shape index (κ1) is 18.2. The molecule has 0 fully saturated rings. The number of thioether (sulfide) groups is 1. The highest BCUT2D eigenvalue weighted by molar-refractivity contribution is 7.98. The van der Waals surface area contributed by atoms with Crippen LogP contribution in [0, 0.1) is 5.82 Å². The summed E-state index contributed by atoms with van der Waals surface area (Å²) in [4.78, 5) is 29.0. The number of carbonyl (C=O) groups excluding carboxylic acids is 2. The lowest BCUT2D eigenvalue weighted by molar-refractivity contribution is -0.125. The zero-order chi connectivity index (χ0) is 19.5. The molecule has 9 heteroatoms. The van der Waals surface area contributed by atoms with Gasteiger partial charge >= 0.3 is 0 Å². The van der Waals surface area contributed by atoms with Gasteiger partial charge in [0.05, 0.1) is 6.42 Å². The van der Waals surface area contributed by atoms with Crippen LogP contribution in [0.4, 0.5) is 16.0 Å². The zero-order valence-corrected chi connectivity index (χ0v) is 15.4. The standard InChI is InChI=1S/C19H16FN5O2S/c20-13-7-4-8-14(9-13)21-17(27)15-10-16(26)22-18-23-19(24-25(15)18)28-11-12-5-2-1-3-6-12/h1-9,15H,10-11H2,(H,21,27)(H,22,23,24,26)/t15-/m0/s1. The molecule has 1 atom stereocenters. The lowest BCUT2D eigenvalue weighted by atomic mass is 10.1. The van der Waals surface area contributed by atoms with E-state index in [1.165, 1.54) is 34.6 Å². The average molecular weight is 397 g/mol. The van der Waals surface area contributed by atoms with Crippen molar-refractivity contribution in [1.29, 1.82) is 0 Å². The fourth-order valence-electron chi connectivity index (χ4n) is 2.82. The summed E-state index contributed by atoms with van der Waals surface area (Å²) in [6, 6.07) is 14.6. The van der Waals surface area contributed by atoms with Gasteiger partial charge < -0.3 is 5.32 Å². The monoisotopic (exact) mass is 397 g/mol. The number of halogens is 1. The maximum absolute atomic E-state index is 13.3. The Balaban J connectivity index is 1.52. The van der Waals surface area contributed by atoms with Crippen LogP contribution < -0.4 is 10.6 Å². The molecule has 0 unspecified atom stereocenters. The van der Waals surface area contributed by atoms with Crippen LogP contribution in [0.1, 0.15) is 18.0 Å². The number of anilines is 2. The summed E-state index contributed by atoms with van der Waals surface area (Å²) in [5.41, 5.74) is 1.43. The van der Waals surface area contributed by atoms with Gasteiger partial charge in [0, 0.05) is 11.4 Å². The Kier molecular flexibility index (Phi) is 5.07. The molecule has 0 saturated carbocycles. The second kappa shape index (κ2) is 7.81. The number of fused-ring (bicyclic) bond motifs is 1. The van der Waals surface area contributed by atoms with Crippen LogP contribution in [-0.2, 0) is 15.3 Å². The second-order valence-electron chi connectivity index (χ2n) is 6.20. The summed E-state index contributed by atoms with van der Waals surface area (Å²) in [6.07, 6.45) is -0.0691.